The highest BCUT2D eigenvalue weighted by molar-refractivity contribution is 9.08. The van der Waals surface area contributed by atoms with Crippen LogP contribution >= 0.6 is 15.9 Å². The van der Waals surface area contributed by atoms with Gasteiger partial charge in [-0.05, 0) is 6.92 Å². The Balaban J connectivity index is 2.97. The van der Waals surface area contributed by atoms with Crippen molar-refractivity contribution in [2.24, 2.45) is 0 Å². The molecule has 0 aliphatic rings. The van der Waals surface area contributed by atoms with Crippen molar-refractivity contribution in [2.75, 3.05) is 0 Å². The maximum atomic E-state index is 5.06. The lowest BCUT2D eigenvalue weighted by Gasteiger charge is -1.88. The molecular formula is C7H10BrNO. The van der Waals surface area contributed by atoms with Gasteiger partial charge in [0, 0.05) is 17.3 Å². The molecule has 0 aliphatic heterocycles. The Morgan fingerprint density at radius 3 is 2.60 bits per heavy atom. The molecule has 1 aromatic rings. The standard InChI is InChI=1S/C7H10BrNO/c1-3-7-5(2)6(4-8)9-10-7/h3-4H2,1-2H3. The van der Waals surface area contributed by atoms with Crippen molar-refractivity contribution in [1.29, 1.82) is 0 Å². The number of aromatic nitrogens is 1. The van der Waals surface area contributed by atoms with Gasteiger partial charge in [-0.1, -0.05) is 28.0 Å². The first kappa shape index (κ1) is 7.79. The summed E-state index contributed by atoms with van der Waals surface area (Å²) < 4.78 is 5.06. The number of halogens is 1. The molecule has 0 bridgehead atoms. The van der Waals surface area contributed by atoms with E-state index in [1.54, 1.807) is 0 Å². The van der Waals surface area contributed by atoms with E-state index in [9.17, 15) is 0 Å². The molecule has 0 N–H and O–H groups in total. The predicted molar refractivity (Wildman–Crippen MR) is 43.2 cm³/mol. The molecular weight excluding hydrogens is 194 g/mol. The molecule has 2 nitrogen and oxygen atoms in total. The van der Waals surface area contributed by atoms with Crippen LogP contribution < -0.4 is 0 Å². The Bertz CT molecular complexity index is 198. The van der Waals surface area contributed by atoms with Gasteiger partial charge in [0.25, 0.3) is 0 Å². The number of hydrogen-bond donors (Lipinski definition) is 0. The van der Waals surface area contributed by atoms with Gasteiger partial charge in [-0.15, -0.1) is 0 Å². The second-order valence-electron chi connectivity index (χ2n) is 2.16. The van der Waals surface area contributed by atoms with Gasteiger partial charge < -0.3 is 4.52 Å². The summed E-state index contributed by atoms with van der Waals surface area (Å²) in [6, 6.07) is 0. The Morgan fingerprint density at radius 2 is 2.30 bits per heavy atom. The zero-order chi connectivity index (χ0) is 7.56. The van der Waals surface area contributed by atoms with Crippen LogP contribution in [0.5, 0.6) is 0 Å². The first-order chi connectivity index (χ1) is 4.79. The van der Waals surface area contributed by atoms with Gasteiger partial charge in [-0.2, -0.15) is 0 Å². The van der Waals surface area contributed by atoms with Crippen LogP contribution in [0.4, 0.5) is 0 Å². The van der Waals surface area contributed by atoms with Crippen LogP contribution in [0.2, 0.25) is 0 Å². The minimum atomic E-state index is 0.780. The van der Waals surface area contributed by atoms with Gasteiger partial charge in [0.05, 0.1) is 5.69 Å². The zero-order valence-electron chi connectivity index (χ0n) is 6.15. The Hall–Kier alpha value is -0.310. The number of alkyl halides is 1. The molecule has 56 valence electrons. The molecule has 0 spiro atoms. The van der Waals surface area contributed by atoms with Gasteiger partial charge >= 0.3 is 0 Å². The van der Waals surface area contributed by atoms with Gasteiger partial charge in [0.15, 0.2) is 0 Å². The molecule has 3 heteroatoms. The van der Waals surface area contributed by atoms with Crippen LogP contribution in [-0.2, 0) is 11.8 Å². The van der Waals surface area contributed by atoms with E-state index in [1.165, 1.54) is 5.56 Å². The monoisotopic (exact) mass is 203 g/mol. The van der Waals surface area contributed by atoms with Crippen LogP contribution in [0.3, 0.4) is 0 Å². The van der Waals surface area contributed by atoms with E-state index in [1.807, 2.05) is 6.92 Å². The lowest BCUT2D eigenvalue weighted by Crippen LogP contribution is -1.82. The lowest BCUT2D eigenvalue weighted by atomic mass is 10.2. The van der Waals surface area contributed by atoms with Crippen molar-refractivity contribution < 1.29 is 4.52 Å². The molecule has 1 heterocycles. The Labute approximate surface area is 68.7 Å². The summed E-state index contributed by atoms with van der Waals surface area (Å²) in [5, 5.41) is 4.66. The zero-order valence-corrected chi connectivity index (χ0v) is 7.73. The van der Waals surface area contributed by atoms with E-state index >= 15 is 0 Å². The molecule has 0 saturated carbocycles. The molecule has 0 atom stereocenters. The molecule has 0 unspecified atom stereocenters. The van der Waals surface area contributed by atoms with Crippen LogP contribution in [0.25, 0.3) is 0 Å². The topological polar surface area (TPSA) is 26.0 Å². The van der Waals surface area contributed by atoms with Crippen molar-refractivity contribution in [2.45, 2.75) is 25.6 Å². The van der Waals surface area contributed by atoms with Gasteiger partial charge in [-0.25, -0.2) is 0 Å². The number of nitrogens with zero attached hydrogens (tertiary/aromatic N) is 1. The van der Waals surface area contributed by atoms with Gasteiger partial charge in [0.1, 0.15) is 5.76 Å². The fourth-order valence-electron chi connectivity index (χ4n) is 0.862. The van der Waals surface area contributed by atoms with E-state index in [4.69, 9.17) is 4.52 Å². The smallest absolute Gasteiger partial charge is 0.139 e. The average molecular weight is 204 g/mol. The van der Waals surface area contributed by atoms with E-state index in [0.717, 1.165) is 23.2 Å². The van der Waals surface area contributed by atoms with Crippen molar-refractivity contribution in [3.8, 4) is 0 Å². The van der Waals surface area contributed by atoms with Crippen LogP contribution in [0, 0.1) is 6.92 Å². The fourth-order valence-corrected chi connectivity index (χ4v) is 1.39. The molecule has 0 aromatic carbocycles. The molecule has 0 saturated heterocycles. The molecule has 1 aromatic heterocycles. The highest BCUT2D eigenvalue weighted by Gasteiger charge is 2.07. The third-order valence-corrected chi connectivity index (χ3v) is 2.10. The summed E-state index contributed by atoms with van der Waals surface area (Å²) in [7, 11) is 0. The molecule has 1 rings (SSSR count). The number of rotatable bonds is 2. The third-order valence-electron chi connectivity index (χ3n) is 1.56. The molecule has 0 aliphatic carbocycles. The van der Waals surface area contributed by atoms with E-state index < -0.39 is 0 Å². The summed E-state index contributed by atoms with van der Waals surface area (Å²) in [5.41, 5.74) is 2.19. The van der Waals surface area contributed by atoms with Crippen molar-refractivity contribution in [3.63, 3.8) is 0 Å². The normalized spacial score (nSPS) is 10.3. The largest absolute Gasteiger partial charge is 0.361 e. The predicted octanol–water partition coefficient (Wildman–Crippen LogP) is 2.44. The highest BCUT2D eigenvalue weighted by Crippen LogP contribution is 2.15. The van der Waals surface area contributed by atoms with E-state index in [2.05, 4.69) is 28.0 Å². The van der Waals surface area contributed by atoms with Crippen LogP contribution in [0.1, 0.15) is 23.9 Å². The van der Waals surface area contributed by atoms with E-state index in [-0.39, 0.29) is 0 Å². The molecule has 0 radical (unpaired) electrons. The average Bonchev–Trinajstić information content (AvgIpc) is 2.30. The Kier molecular flexibility index (Phi) is 2.49. The quantitative estimate of drug-likeness (QED) is 0.691. The Morgan fingerprint density at radius 1 is 1.60 bits per heavy atom. The van der Waals surface area contributed by atoms with E-state index in [0.29, 0.717) is 0 Å². The fraction of sp³-hybridized carbons (Fsp3) is 0.571. The maximum absolute atomic E-state index is 5.06. The number of aryl methyl sites for hydroxylation is 1. The summed E-state index contributed by atoms with van der Waals surface area (Å²) >= 11 is 3.33. The lowest BCUT2D eigenvalue weighted by molar-refractivity contribution is 0.382. The van der Waals surface area contributed by atoms with Crippen molar-refractivity contribution >= 4 is 15.9 Å². The molecule has 10 heavy (non-hydrogen) atoms. The second-order valence-corrected chi connectivity index (χ2v) is 2.73. The first-order valence-electron chi connectivity index (χ1n) is 3.29. The maximum Gasteiger partial charge on any atom is 0.139 e. The van der Waals surface area contributed by atoms with Crippen LogP contribution in [-0.4, -0.2) is 5.16 Å². The van der Waals surface area contributed by atoms with Crippen LogP contribution in [0.15, 0.2) is 4.52 Å². The van der Waals surface area contributed by atoms with Crippen molar-refractivity contribution in [3.05, 3.63) is 17.0 Å². The number of hydrogen-bond acceptors (Lipinski definition) is 2. The second kappa shape index (κ2) is 3.19. The van der Waals surface area contributed by atoms with Gasteiger partial charge in [-0.3, -0.25) is 0 Å². The summed E-state index contributed by atoms with van der Waals surface area (Å²) in [5.74, 6) is 0.995. The minimum Gasteiger partial charge on any atom is -0.361 e. The SMILES string of the molecule is CCc1onc(CBr)c1C. The minimum absolute atomic E-state index is 0.780. The summed E-state index contributed by atoms with van der Waals surface area (Å²) in [4.78, 5) is 0. The summed E-state index contributed by atoms with van der Waals surface area (Å²) in [6.45, 7) is 4.09. The van der Waals surface area contributed by atoms with Gasteiger partial charge in [0.2, 0.25) is 0 Å². The molecule has 0 amide bonds. The van der Waals surface area contributed by atoms with Crippen molar-refractivity contribution in [1.82, 2.24) is 5.16 Å². The first-order valence-corrected chi connectivity index (χ1v) is 4.41. The third kappa shape index (κ3) is 1.24. The highest BCUT2D eigenvalue weighted by atomic mass is 79.9. The summed E-state index contributed by atoms with van der Waals surface area (Å²) in [6.07, 6.45) is 0.922. The molecule has 0 fully saturated rings.